The second-order valence-corrected chi connectivity index (χ2v) is 15.0. The number of unbranched alkanes of at least 4 members (excludes halogenated alkanes) is 33. The Morgan fingerprint density at radius 1 is 0.279 bits per heavy atom. The topological polar surface area (TPSA) is 12.0 Å². The van der Waals surface area contributed by atoms with Gasteiger partial charge in [0.25, 0.3) is 0 Å². The van der Waals surface area contributed by atoms with Crippen molar-refractivity contribution in [2.24, 2.45) is 5.92 Å². The van der Waals surface area contributed by atoms with Crippen molar-refractivity contribution < 1.29 is 0 Å². The average Bonchev–Trinajstić information content (AvgIpc) is 3.00. The molecule has 0 aliphatic carbocycles. The van der Waals surface area contributed by atoms with Crippen molar-refractivity contribution >= 4 is 0 Å². The van der Waals surface area contributed by atoms with Gasteiger partial charge in [-0.05, 0) is 31.8 Å². The van der Waals surface area contributed by atoms with E-state index in [9.17, 15) is 0 Å². The summed E-state index contributed by atoms with van der Waals surface area (Å²) in [6, 6.07) is 0. The molecule has 0 aromatic rings. The molecule has 0 rings (SSSR count). The molecule has 0 radical (unpaired) electrons. The van der Waals surface area contributed by atoms with Gasteiger partial charge in [-0.3, -0.25) is 0 Å². The standard InChI is InChI=1S/C42H87N/c1-4-5-6-7-8-9-10-11-12-13-16-19-22-25-28-31-34-37-40-43-41-38-35-32-29-26-23-20-17-14-15-18-21-24-27-30-33-36-39-42(2)3/h42-43H,4-41H2,1-3H3. The van der Waals surface area contributed by atoms with Crippen molar-refractivity contribution in [3.8, 4) is 0 Å². The third kappa shape index (κ3) is 42.0. The van der Waals surface area contributed by atoms with Gasteiger partial charge < -0.3 is 5.32 Å². The highest BCUT2D eigenvalue weighted by Gasteiger charge is 1.98. The lowest BCUT2D eigenvalue weighted by molar-refractivity contribution is 0.500. The maximum atomic E-state index is 3.70. The van der Waals surface area contributed by atoms with E-state index >= 15 is 0 Å². The molecular formula is C42H87N. The number of rotatable bonds is 39. The van der Waals surface area contributed by atoms with Gasteiger partial charge in [0.05, 0.1) is 0 Å². The zero-order valence-electron chi connectivity index (χ0n) is 30.9. The van der Waals surface area contributed by atoms with Gasteiger partial charge in [0, 0.05) is 0 Å². The van der Waals surface area contributed by atoms with Crippen molar-refractivity contribution in [2.75, 3.05) is 13.1 Å². The van der Waals surface area contributed by atoms with Gasteiger partial charge in [-0.2, -0.15) is 0 Å². The Kier molecular flexibility index (Phi) is 39.9. The van der Waals surface area contributed by atoms with Crippen LogP contribution >= 0.6 is 0 Å². The summed E-state index contributed by atoms with van der Waals surface area (Å²) < 4.78 is 0. The molecule has 0 saturated carbocycles. The SMILES string of the molecule is CCCCCCCCCCCCCCCCCCCCNCCCCCCCCCCCCCCCCCCCC(C)C. The molecule has 0 bridgehead atoms. The van der Waals surface area contributed by atoms with E-state index in [0.717, 1.165) is 5.92 Å². The minimum absolute atomic E-state index is 0.894. The summed E-state index contributed by atoms with van der Waals surface area (Å²) in [5.74, 6) is 0.894. The first-order valence-electron chi connectivity index (χ1n) is 21.0. The van der Waals surface area contributed by atoms with Crippen molar-refractivity contribution in [2.45, 2.75) is 252 Å². The molecule has 0 aliphatic rings. The van der Waals surface area contributed by atoms with E-state index in [1.54, 1.807) is 0 Å². The average molecular weight is 606 g/mol. The molecule has 0 aliphatic heterocycles. The van der Waals surface area contributed by atoms with Gasteiger partial charge in [-0.15, -0.1) is 0 Å². The Balaban J connectivity index is 3.03. The molecule has 0 aromatic heterocycles. The first kappa shape index (κ1) is 43.0. The lowest BCUT2D eigenvalue weighted by Gasteiger charge is -2.06. The van der Waals surface area contributed by atoms with Crippen LogP contribution in [0, 0.1) is 5.92 Å². The molecule has 0 heterocycles. The zero-order valence-corrected chi connectivity index (χ0v) is 30.9. The van der Waals surface area contributed by atoms with Gasteiger partial charge in [0.1, 0.15) is 0 Å². The van der Waals surface area contributed by atoms with Crippen LogP contribution < -0.4 is 5.32 Å². The van der Waals surface area contributed by atoms with Gasteiger partial charge in [0.2, 0.25) is 0 Å². The molecule has 0 amide bonds. The molecule has 1 N–H and O–H groups in total. The minimum atomic E-state index is 0.894. The second-order valence-electron chi connectivity index (χ2n) is 15.0. The molecule has 0 unspecified atom stereocenters. The smallest absolute Gasteiger partial charge is 0.00489 e. The Bertz CT molecular complexity index is 458. The summed E-state index contributed by atoms with van der Waals surface area (Å²) in [5, 5.41) is 3.70. The lowest BCUT2D eigenvalue weighted by Crippen LogP contribution is -2.16. The van der Waals surface area contributed by atoms with Gasteiger partial charge in [0.15, 0.2) is 0 Å². The summed E-state index contributed by atoms with van der Waals surface area (Å²) in [6.07, 6.45) is 52.7. The largest absolute Gasteiger partial charge is 0.317 e. The zero-order chi connectivity index (χ0) is 31.2. The Labute approximate surface area is 275 Å². The van der Waals surface area contributed by atoms with Crippen molar-refractivity contribution in [1.82, 2.24) is 5.32 Å². The Morgan fingerprint density at radius 3 is 0.721 bits per heavy atom. The van der Waals surface area contributed by atoms with Crippen LogP contribution in [-0.2, 0) is 0 Å². The van der Waals surface area contributed by atoms with Crippen LogP contribution in [0.25, 0.3) is 0 Å². The van der Waals surface area contributed by atoms with E-state index in [1.807, 2.05) is 0 Å². The summed E-state index contributed by atoms with van der Waals surface area (Å²) >= 11 is 0. The highest BCUT2D eigenvalue weighted by molar-refractivity contribution is 4.55. The van der Waals surface area contributed by atoms with E-state index in [1.165, 1.54) is 244 Å². The van der Waals surface area contributed by atoms with Crippen LogP contribution in [0.5, 0.6) is 0 Å². The highest BCUT2D eigenvalue weighted by atomic mass is 14.8. The third-order valence-electron chi connectivity index (χ3n) is 9.84. The fourth-order valence-corrected chi connectivity index (χ4v) is 6.73. The van der Waals surface area contributed by atoms with E-state index in [0.29, 0.717) is 0 Å². The first-order chi connectivity index (χ1) is 21.3. The van der Waals surface area contributed by atoms with E-state index in [4.69, 9.17) is 0 Å². The summed E-state index contributed by atoms with van der Waals surface area (Å²) in [4.78, 5) is 0. The molecular weight excluding hydrogens is 518 g/mol. The van der Waals surface area contributed by atoms with Gasteiger partial charge >= 0.3 is 0 Å². The van der Waals surface area contributed by atoms with Crippen LogP contribution in [0.3, 0.4) is 0 Å². The molecule has 1 nitrogen and oxygen atoms in total. The molecule has 0 spiro atoms. The number of hydrogen-bond acceptors (Lipinski definition) is 1. The van der Waals surface area contributed by atoms with Crippen LogP contribution in [0.1, 0.15) is 252 Å². The third-order valence-corrected chi connectivity index (χ3v) is 9.84. The monoisotopic (exact) mass is 606 g/mol. The summed E-state index contributed by atoms with van der Waals surface area (Å²) in [6.45, 7) is 9.50. The van der Waals surface area contributed by atoms with Crippen molar-refractivity contribution in [3.05, 3.63) is 0 Å². The van der Waals surface area contributed by atoms with Crippen LogP contribution in [-0.4, -0.2) is 13.1 Å². The maximum absolute atomic E-state index is 3.70. The molecule has 43 heavy (non-hydrogen) atoms. The predicted molar refractivity (Wildman–Crippen MR) is 200 cm³/mol. The molecule has 1 heteroatoms. The molecule has 0 saturated heterocycles. The lowest BCUT2D eigenvalue weighted by atomic mass is 10.0. The van der Waals surface area contributed by atoms with Gasteiger partial charge in [-0.1, -0.05) is 239 Å². The molecule has 0 atom stereocenters. The maximum Gasteiger partial charge on any atom is -0.00489 e. The highest BCUT2D eigenvalue weighted by Crippen LogP contribution is 2.16. The van der Waals surface area contributed by atoms with Crippen molar-refractivity contribution in [3.63, 3.8) is 0 Å². The second kappa shape index (κ2) is 40.0. The Hall–Kier alpha value is -0.0400. The summed E-state index contributed by atoms with van der Waals surface area (Å²) in [5.41, 5.74) is 0. The van der Waals surface area contributed by atoms with E-state index in [2.05, 4.69) is 26.1 Å². The first-order valence-corrected chi connectivity index (χ1v) is 21.0. The van der Waals surface area contributed by atoms with Crippen molar-refractivity contribution in [1.29, 1.82) is 0 Å². The summed E-state index contributed by atoms with van der Waals surface area (Å²) in [7, 11) is 0. The fourth-order valence-electron chi connectivity index (χ4n) is 6.73. The minimum Gasteiger partial charge on any atom is -0.317 e. The van der Waals surface area contributed by atoms with E-state index in [-0.39, 0.29) is 0 Å². The molecule has 0 aromatic carbocycles. The van der Waals surface area contributed by atoms with E-state index < -0.39 is 0 Å². The van der Waals surface area contributed by atoms with Crippen LogP contribution in [0.4, 0.5) is 0 Å². The Morgan fingerprint density at radius 2 is 0.488 bits per heavy atom. The van der Waals surface area contributed by atoms with Crippen LogP contribution in [0.15, 0.2) is 0 Å². The fraction of sp³-hybridized carbons (Fsp3) is 1.00. The predicted octanol–water partition coefficient (Wildman–Crippen LogP) is 15.3. The number of hydrogen-bond donors (Lipinski definition) is 1. The number of nitrogens with one attached hydrogen (secondary N) is 1. The van der Waals surface area contributed by atoms with Crippen LogP contribution in [0.2, 0.25) is 0 Å². The molecule has 0 fully saturated rings. The molecule has 260 valence electrons. The normalized spacial score (nSPS) is 11.7. The van der Waals surface area contributed by atoms with Gasteiger partial charge in [-0.25, -0.2) is 0 Å². The quantitative estimate of drug-likeness (QED) is 0.0687.